The number of amides is 2. The van der Waals surface area contributed by atoms with Crippen molar-refractivity contribution in [1.29, 1.82) is 0 Å². The highest BCUT2D eigenvalue weighted by molar-refractivity contribution is 5.74. The van der Waals surface area contributed by atoms with Gasteiger partial charge in [0.15, 0.2) is 0 Å². The Labute approximate surface area is 117 Å². The van der Waals surface area contributed by atoms with Crippen LogP contribution in [-0.2, 0) is 12.1 Å². The van der Waals surface area contributed by atoms with Gasteiger partial charge in [-0.3, -0.25) is 0 Å². The van der Waals surface area contributed by atoms with Crippen LogP contribution in [0.2, 0.25) is 0 Å². The van der Waals surface area contributed by atoms with Crippen molar-refractivity contribution >= 4 is 6.03 Å². The lowest BCUT2D eigenvalue weighted by Crippen LogP contribution is -2.46. The molecule has 0 spiro atoms. The first-order valence-electron chi connectivity index (χ1n) is 6.42. The first kappa shape index (κ1) is 14.1. The summed E-state index contributed by atoms with van der Waals surface area (Å²) in [6, 6.07) is 9.67. The van der Waals surface area contributed by atoms with Gasteiger partial charge in [0.25, 0.3) is 0 Å². The summed E-state index contributed by atoms with van der Waals surface area (Å²) >= 11 is 0. The van der Waals surface area contributed by atoms with Gasteiger partial charge in [0.05, 0.1) is 12.1 Å². The van der Waals surface area contributed by atoms with E-state index in [2.05, 4.69) is 15.6 Å². The minimum absolute atomic E-state index is 0.297. The summed E-state index contributed by atoms with van der Waals surface area (Å²) < 4.78 is 13.2. The zero-order chi connectivity index (χ0) is 14.6. The van der Waals surface area contributed by atoms with Gasteiger partial charge in [-0.1, -0.05) is 12.1 Å². The number of carbonyl (C=O) groups excluding carboxylic acids is 1. The molecule has 0 fully saturated rings. The Bertz CT molecular complexity index is 579. The fourth-order valence-electron chi connectivity index (χ4n) is 1.93. The molecule has 2 aromatic rings. The number of aromatic nitrogens is 1. The fraction of sp³-hybridized carbons (Fsp3) is 0.267. The third-order valence-corrected chi connectivity index (χ3v) is 3.07. The maximum Gasteiger partial charge on any atom is 0.315 e. The second-order valence-electron chi connectivity index (χ2n) is 5.14. The number of H-pyrrole nitrogens is 1. The Morgan fingerprint density at radius 3 is 2.75 bits per heavy atom. The average Bonchev–Trinajstić information content (AvgIpc) is 2.89. The van der Waals surface area contributed by atoms with Crippen molar-refractivity contribution in [3.8, 4) is 0 Å². The van der Waals surface area contributed by atoms with Crippen LogP contribution < -0.4 is 10.6 Å². The van der Waals surface area contributed by atoms with Gasteiger partial charge in [-0.25, -0.2) is 9.18 Å². The molecule has 1 aromatic heterocycles. The van der Waals surface area contributed by atoms with E-state index < -0.39 is 5.54 Å². The van der Waals surface area contributed by atoms with Gasteiger partial charge in [-0.2, -0.15) is 0 Å². The molecular formula is C15H18FN3O. The molecule has 0 aliphatic carbocycles. The van der Waals surface area contributed by atoms with Gasteiger partial charge in [0.2, 0.25) is 0 Å². The zero-order valence-electron chi connectivity index (χ0n) is 11.5. The Hall–Kier alpha value is -2.30. The van der Waals surface area contributed by atoms with E-state index in [-0.39, 0.29) is 11.8 Å². The van der Waals surface area contributed by atoms with Crippen LogP contribution in [0.1, 0.15) is 25.1 Å². The largest absolute Gasteiger partial charge is 0.364 e. The monoisotopic (exact) mass is 275 g/mol. The average molecular weight is 275 g/mol. The van der Waals surface area contributed by atoms with Gasteiger partial charge in [-0.05, 0) is 43.7 Å². The molecule has 1 heterocycles. The molecule has 0 saturated heterocycles. The number of hydrogen-bond acceptors (Lipinski definition) is 1. The van der Waals surface area contributed by atoms with E-state index >= 15 is 0 Å². The summed E-state index contributed by atoms with van der Waals surface area (Å²) in [5.41, 5.74) is 0.985. The SMILES string of the molecule is CC(C)(NC(=O)NCc1ccc[nH]1)c1cccc(F)c1. The highest BCUT2D eigenvalue weighted by atomic mass is 19.1. The summed E-state index contributed by atoms with van der Waals surface area (Å²) in [6.45, 7) is 4.07. The number of halogens is 1. The molecule has 0 radical (unpaired) electrons. The van der Waals surface area contributed by atoms with Crippen molar-refractivity contribution in [2.24, 2.45) is 0 Å². The molecule has 0 saturated carbocycles. The number of hydrogen-bond donors (Lipinski definition) is 3. The maximum atomic E-state index is 13.2. The van der Waals surface area contributed by atoms with Crippen LogP contribution in [-0.4, -0.2) is 11.0 Å². The van der Waals surface area contributed by atoms with Crippen LogP contribution in [0.3, 0.4) is 0 Å². The molecular weight excluding hydrogens is 257 g/mol. The van der Waals surface area contributed by atoms with Crippen molar-refractivity contribution in [2.75, 3.05) is 0 Å². The molecule has 1 aromatic carbocycles. The molecule has 3 N–H and O–H groups in total. The van der Waals surface area contributed by atoms with Crippen molar-refractivity contribution in [2.45, 2.75) is 25.9 Å². The van der Waals surface area contributed by atoms with E-state index in [4.69, 9.17) is 0 Å². The second kappa shape index (κ2) is 5.77. The predicted molar refractivity (Wildman–Crippen MR) is 75.6 cm³/mol. The highest BCUT2D eigenvalue weighted by Crippen LogP contribution is 2.20. The molecule has 4 nitrogen and oxygen atoms in total. The summed E-state index contributed by atoms with van der Waals surface area (Å²) in [5, 5.41) is 5.58. The van der Waals surface area contributed by atoms with E-state index in [0.29, 0.717) is 12.1 Å². The lowest BCUT2D eigenvalue weighted by Gasteiger charge is -2.27. The van der Waals surface area contributed by atoms with Gasteiger partial charge >= 0.3 is 6.03 Å². The summed E-state index contributed by atoms with van der Waals surface area (Å²) in [5.74, 6) is -0.316. The maximum absolute atomic E-state index is 13.2. The Morgan fingerprint density at radius 1 is 1.30 bits per heavy atom. The first-order chi connectivity index (χ1) is 9.47. The lowest BCUT2D eigenvalue weighted by molar-refractivity contribution is 0.229. The van der Waals surface area contributed by atoms with E-state index in [1.807, 2.05) is 26.0 Å². The number of benzene rings is 1. The number of rotatable bonds is 4. The molecule has 2 rings (SSSR count). The van der Waals surface area contributed by atoms with E-state index in [0.717, 1.165) is 5.69 Å². The summed E-state index contributed by atoms with van der Waals surface area (Å²) in [6.07, 6.45) is 1.80. The Kier molecular flexibility index (Phi) is 4.08. The lowest BCUT2D eigenvalue weighted by atomic mass is 9.94. The number of aromatic amines is 1. The van der Waals surface area contributed by atoms with Crippen LogP contribution in [0.5, 0.6) is 0 Å². The van der Waals surface area contributed by atoms with Crippen molar-refractivity contribution in [3.05, 3.63) is 59.7 Å². The van der Waals surface area contributed by atoms with Gasteiger partial charge in [0, 0.05) is 11.9 Å². The molecule has 0 aliphatic heterocycles. The molecule has 5 heteroatoms. The molecule has 0 bridgehead atoms. The molecule has 2 amide bonds. The Balaban J connectivity index is 1.95. The van der Waals surface area contributed by atoms with Crippen molar-refractivity contribution in [3.63, 3.8) is 0 Å². The van der Waals surface area contributed by atoms with Crippen molar-refractivity contribution in [1.82, 2.24) is 15.6 Å². The van der Waals surface area contributed by atoms with Crippen LogP contribution in [0.4, 0.5) is 9.18 Å². The normalized spacial score (nSPS) is 11.2. The third kappa shape index (κ3) is 3.60. The van der Waals surface area contributed by atoms with E-state index in [1.165, 1.54) is 12.1 Å². The van der Waals surface area contributed by atoms with Crippen LogP contribution in [0.25, 0.3) is 0 Å². The fourth-order valence-corrected chi connectivity index (χ4v) is 1.93. The van der Waals surface area contributed by atoms with Crippen molar-refractivity contribution < 1.29 is 9.18 Å². The quantitative estimate of drug-likeness (QED) is 0.789. The third-order valence-electron chi connectivity index (χ3n) is 3.07. The number of carbonyl (C=O) groups is 1. The minimum atomic E-state index is -0.651. The molecule has 0 aliphatic rings. The number of nitrogens with one attached hydrogen (secondary N) is 3. The zero-order valence-corrected chi connectivity index (χ0v) is 11.5. The van der Waals surface area contributed by atoms with Crippen LogP contribution in [0.15, 0.2) is 42.6 Å². The molecule has 0 unspecified atom stereocenters. The van der Waals surface area contributed by atoms with Gasteiger partial charge < -0.3 is 15.6 Å². The van der Waals surface area contributed by atoms with E-state index in [9.17, 15) is 9.18 Å². The highest BCUT2D eigenvalue weighted by Gasteiger charge is 2.23. The van der Waals surface area contributed by atoms with Gasteiger partial charge in [-0.15, -0.1) is 0 Å². The second-order valence-corrected chi connectivity index (χ2v) is 5.14. The predicted octanol–water partition coefficient (Wildman–Crippen LogP) is 2.89. The summed E-state index contributed by atoms with van der Waals surface area (Å²) in [4.78, 5) is 14.9. The van der Waals surface area contributed by atoms with E-state index in [1.54, 1.807) is 18.3 Å². The minimum Gasteiger partial charge on any atom is -0.364 e. The van der Waals surface area contributed by atoms with Crippen LogP contribution in [0, 0.1) is 5.82 Å². The summed E-state index contributed by atoms with van der Waals surface area (Å²) in [7, 11) is 0. The molecule has 20 heavy (non-hydrogen) atoms. The standard InChI is InChI=1S/C15H18FN3O/c1-15(2,11-5-3-6-12(16)9-11)19-14(20)18-10-13-7-4-8-17-13/h3-9,17H,10H2,1-2H3,(H2,18,19,20). The topological polar surface area (TPSA) is 56.9 Å². The number of urea groups is 1. The first-order valence-corrected chi connectivity index (χ1v) is 6.42. The van der Waals surface area contributed by atoms with Crippen LogP contribution >= 0.6 is 0 Å². The Morgan fingerprint density at radius 2 is 2.10 bits per heavy atom. The smallest absolute Gasteiger partial charge is 0.315 e. The molecule has 106 valence electrons. The molecule has 0 atom stereocenters. The van der Waals surface area contributed by atoms with Gasteiger partial charge in [0.1, 0.15) is 5.82 Å².